The topological polar surface area (TPSA) is 67.5 Å². The highest BCUT2D eigenvalue weighted by Gasteiger charge is 2.33. The van der Waals surface area contributed by atoms with E-state index in [2.05, 4.69) is 10.2 Å². The van der Waals surface area contributed by atoms with Crippen LogP contribution in [0.3, 0.4) is 0 Å². The van der Waals surface area contributed by atoms with E-state index in [1.165, 1.54) is 0 Å². The lowest BCUT2D eigenvalue weighted by Crippen LogP contribution is -2.31. The molecule has 22 heavy (non-hydrogen) atoms. The van der Waals surface area contributed by atoms with Crippen molar-refractivity contribution >= 4 is 5.91 Å². The van der Waals surface area contributed by atoms with Crippen molar-refractivity contribution in [3.8, 4) is 11.5 Å². The number of likely N-dealkylation sites (tertiary alicyclic amines) is 1. The van der Waals surface area contributed by atoms with Crippen LogP contribution in [0.15, 0.2) is 30.5 Å². The van der Waals surface area contributed by atoms with E-state index in [4.69, 9.17) is 9.47 Å². The predicted octanol–water partition coefficient (Wildman–Crippen LogP) is 2.40. The quantitative estimate of drug-likeness (QED) is 0.941. The van der Waals surface area contributed by atoms with Crippen LogP contribution in [0.2, 0.25) is 0 Å². The third-order valence-corrected chi connectivity index (χ3v) is 4.04. The van der Waals surface area contributed by atoms with Crippen molar-refractivity contribution in [2.24, 2.45) is 0 Å². The van der Waals surface area contributed by atoms with Gasteiger partial charge in [0.1, 0.15) is 17.2 Å². The van der Waals surface area contributed by atoms with Crippen molar-refractivity contribution in [1.29, 1.82) is 0 Å². The van der Waals surface area contributed by atoms with Crippen LogP contribution in [0.25, 0.3) is 0 Å². The average Bonchev–Trinajstić information content (AvgIpc) is 3.24. The van der Waals surface area contributed by atoms with Gasteiger partial charge in [-0.15, -0.1) is 0 Å². The number of aromatic amines is 1. The molecule has 0 spiro atoms. The molecule has 1 atom stereocenters. The second kappa shape index (κ2) is 6.09. The normalized spacial score (nSPS) is 17.5. The molecular weight excluding hydrogens is 282 g/mol. The van der Waals surface area contributed by atoms with Crippen molar-refractivity contribution in [3.05, 3.63) is 41.7 Å². The second-order valence-electron chi connectivity index (χ2n) is 5.23. The number of nitrogens with zero attached hydrogens (tertiary/aromatic N) is 2. The molecule has 1 fully saturated rings. The van der Waals surface area contributed by atoms with Gasteiger partial charge in [0.25, 0.3) is 5.91 Å². The van der Waals surface area contributed by atoms with E-state index in [1.807, 2.05) is 23.1 Å². The number of rotatable bonds is 4. The summed E-state index contributed by atoms with van der Waals surface area (Å²) in [5, 5.41) is 6.60. The zero-order chi connectivity index (χ0) is 15.5. The number of nitrogens with one attached hydrogen (secondary N) is 1. The molecule has 0 bridgehead atoms. The summed E-state index contributed by atoms with van der Waals surface area (Å²) in [6.07, 6.45) is 3.46. The largest absolute Gasteiger partial charge is 0.497 e. The minimum absolute atomic E-state index is 0.0131. The summed E-state index contributed by atoms with van der Waals surface area (Å²) in [5.41, 5.74) is 1.49. The SMILES string of the molecule is COc1ccc(OC)c(C2CCCN2C(=O)c2ccn[nH]2)c1. The summed E-state index contributed by atoms with van der Waals surface area (Å²) in [6, 6.07) is 7.37. The number of carbonyl (C=O) groups is 1. The van der Waals surface area contributed by atoms with Crippen LogP contribution in [-0.2, 0) is 0 Å². The zero-order valence-electron chi connectivity index (χ0n) is 12.7. The molecule has 1 aromatic carbocycles. The Morgan fingerprint density at radius 1 is 1.32 bits per heavy atom. The van der Waals surface area contributed by atoms with Gasteiger partial charge in [-0.25, -0.2) is 0 Å². The summed E-state index contributed by atoms with van der Waals surface area (Å²) < 4.78 is 10.8. The number of H-pyrrole nitrogens is 1. The second-order valence-corrected chi connectivity index (χ2v) is 5.23. The van der Waals surface area contributed by atoms with Gasteiger partial charge in [0.15, 0.2) is 0 Å². The maximum atomic E-state index is 12.6. The van der Waals surface area contributed by atoms with E-state index >= 15 is 0 Å². The zero-order valence-corrected chi connectivity index (χ0v) is 12.7. The molecule has 0 aliphatic carbocycles. The highest BCUT2D eigenvalue weighted by molar-refractivity contribution is 5.92. The summed E-state index contributed by atoms with van der Waals surface area (Å²) in [4.78, 5) is 14.5. The number of hydrogen-bond donors (Lipinski definition) is 1. The van der Waals surface area contributed by atoms with Crippen LogP contribution < -0.4 is 9.47 Å². The molecule has 1 aliphatic rings. The molecule has 6 nitrogen and oxygen atoms in total. The molecule has 1 aromatic heterocycles. The minimum Gasteiger partial charge on any atom is -0.497 e. The molecule has 1 N–H and O–H groups in total. The molecule has 2 heterocycles. The van der Waals surface area contributed by atoms with Crippen LogP contribution in [0.5, 0.6) is 11.5 Å². The summed E-state index contributed by atoms with van der Waals surface area (Å²) >= 11 is 0. The molecule has 1 aliphatic heterocycles. The highest BCUT2D eigenvalue weighted by atomic mass is 16.5. The predicted molar refractivity (Wildman–Crippen MR) is 81.1 cm³/mol. The average molecular weight is 301 g/mol. The van der Waals surface area contributed by atoms with Gasteiger partial charge >= 0.3 is 0 Å². The Morgan fingerprint density at radius 3 is 2.86 bits per heavy atom. The van der Waals surface area contributed by atoms with Crippen LogP contribution in [0.4, 0.5) is 0 Å². The van der Waals surface area contributed by atoms with Gasteiger partial charge in [-0.05, 0) is 37.1 Å². The van der Waals surface area contributed by atoms with Crippen LogP contribution in [0.1, 0.15) is 34.9 Å². The van der Waals surface area contributed by atoms with E-state index in [9.17, 15) is 4.79 Å². The van der Waals surface area contributed by atoms with Gasteiger partial charge in [-0.3, -0.25) is 9.89 Å². The highest BCUT2D eigenvalue weighted by Crippen LogP contribution is 2.39. The van der Waals surface area contributed by atoms with Gasteiger partial charge in [0.2, 0.25) is 0 Å². The summed E-state index contributed by atoms with van der Waals surface area (Å²) in [7, 11) is 3.27. The first-order valence-electron chi connectivity index (χ1n) is 7.27. The van der Waals surface area contributed by atoms with E-state index in [-0.39, 0.29) is 11.9 Å². The van der Waals surface area contributed by atoms with E-state index in [0.717, 1.165) is 36.4 Å². The minimum atomic E-state index is -0.0372. The van der Waals surface area contributed by atoms with Gasteiger partial charge in [-0.1, -0.05) is 0 Å². The summed E-state index contributed by atoms with van der Waals surface area (Å²) in [5.74, 6) is 1.50. The standard InChI is InChI=1S/C16H19N3O3/c1-21-11-5-6-15(22-2)12(10-11)14-4-3-9-19(14)16(20)13-7-8-17-18-13/h5-8,10,14H,3-4,9H2,1-2H3,(H,17,18). The lowest BCUT2D eigenvalue weighted by Gasteiger charge is -2.26. The Kier molecular flexibility index (Phi) is 4.00. The first-order valence-corrected chi connectivity index (χ1v) is 7.27. The van der Waals surface area contributed by atoms with Crippen LogP contribution >= 0.6 is 0 Å². The Hall–Kier alpha value is -2.50. The van der Waals surface area contributed by atoms with Crippen LogP contribution in [-0.4, -0.2) is 41.8 Å². The van der Waals surface area contributed by atoms with Gasteiger partial charge in [0.05, 0.1) is 20.3 Å². The molecule has 2 aromatic rings. The van der Waals surface area contributed by atoms with Gasteiger partial charge < -0.3 is 14.4 Å². The number of hydrogen-bond acceptors (Lipinski definition) is 4. The summed E-state index contributed by atoms with van der Waals surface area (Å²) in [6.45, 7) is 0.725. The van der Waals surface area contributed by atoms with E-state index in [1.54, 1.807) is 26.5 Å². The van der Waals surface area contributed by atoms with Crippen molar-refractivity contribution in [2.45, 2.75) is 18.9 Å². The van der Waals surface area contributed by atoms with E-state index < -0.39 is 0 Å². The number of aromatic nitrogens is 2. The molecule has 1 saturated heterocycles. The monoisotopic (exact) mass is 301 g/mol. The third kappa shape index (κ3) is 2.52. The molecule has 1 amide bonds. The Labute approximate surface area is 129 Å². The molecule has 6 heteroatoms. The fourth-order valence-electron chi connectivity index (χ4n) is 2.96. The number of amides is 1. The Morgan fingerprint density at radius 2 is 2.18 bits per heavy atom. The van der Waals surface area contributed by atoms with E-state index in [0.29, 0.717) is 5.69 Å². The molecule has 3 rings (SSSR count). The molecule has 0 saturated carbocycles. The number of benzene rings is 1. The maximum Gasteiger partial charge on any atom is 0.272 e. The lowest BCUT2D eigenvalue weighted by molar-refractivity contribution is 0.0728. The fraction of sp³-hybridized carbons (Fsp3) is 0.375. The molecule has 116 valence electrons. The smallest absolute Gasteiger partial charge is 0.272 e. The third-order valence-electron chi connectivity index (χ3n) is 4.04. The molecular formula is C16H19N3O3. The Balaban J connectivity index is 1.94. The molecule has 1 unspecified atom stereocenters. The van der Waals surface area contributed by atoms with Gasteiger partial charge in [-0.2, -0.15) is 5.10 Å². The molecule has 0 radical (unpaired) electrons. The lowest BCUT2D eigenvalue weighted by atomic mass is 10.0. The maximum absolute atomic E-state index is 12.6. The number of ether oxygens (including phenoxy) is 2. The van der Waals surface area contributed by atoms with Crippen LogP contribution in [0, 0.1) is 0 Å². The number of methoxy groups -OCH3 is 2. The Bertz CT molecular complexity index is 655. The first kappa shape index (κ1) is 14.4. The van der Waals surface area contributed by atoms with Crippen molar-refractivity contribution in [2.75, 3.05) is 20.8 Å². The van der Waals surface area contributed by atoms with Crippen molar-refractivity contribution in [1.82, 2.24) is 15.1 Å². The van der Waals surface area contributed by atoms with Gasteiger partial charge in [0, 0.05) is 18.3 Å². The fourth-order valence-corrected chi connectivity index (χ4v) is 2.96. The number of carbonyl (C=O) groups excluding carboxylic acids is 1. The van der Waals surface area contributed by atoms with Crippen molar-refractivity contribution < 1.29 is 14.3 Å². The first-order chi connectivity index (χ1) is 10.7. The van der Waals surface area contributed by atoms with Crippen molar-refractivity contribution in [3.63, 3.8) is 0 Å².